The topological polar surface area (TPSA) is 63.3 Å². The molecule has 0 saturated heterocycles. The van der Waals surface area contributed by atoms with Crippen molar-refractivity contribution in [2.45, 2.75) is 19.8 Å². The lowest BCUT2D eigenvalue weighted by Gasteiger charge is -2.04. The Morgan fingerprint density at radius 1 is 1.54 bits per heavy atom. The number of rotatable bonds is 3. The summed E-state index contributed by atoms with van der Waals surface area (Å²) in [6.07, 6.45) is 0.895. The second-order valence-electron chi connectivity index (χ2n) is 2.96. The molecule has 0 spiro atoms. The summed E-state index contributed by atoms with van der Waals surface area (Å²) in [6.45, 7) is 2.00. The molecular weight excluding hydrogens is 166 g/mol. The molecule has 0 saturated carbocycles. The van der Waals surface area contributed by atoms with Crippen LogP contribution in [0.1, 0.15) is 18.1 Å². The number of hydrogen-bond donors (Lipinski definition) is 2. The number of carbonyl (C=O) groups is 1. The fourth-order valence-corrected chi connectivity index (χ4v) is 1.25. The van der Waals surface area contributed by atoms with E-state index in [9.17, 15) is 4.79 Å². The van der Waals surface area contributed by atoms with E-state index < -0.39 is 5.97 Å². The van der Waals surface area contributed by atoms with Crippen LogP contribution in [0.2, 0.25) is 0 Å². The lowest BCUT2D eigenvalue weighted by Crippen LogP contribution is -2.01. The molecule has 1 aromatic rings. The Balaban J connectivity index is 2.92. The van der Waals surface area contributed by atoms with Crippen LogP contribution in [0.3, 0.4) is 0 Å². The number of carboxylic acid groups (broad SMARTS) is 1. The highest BCUT2D eigenvalue weighted by Crippen LogP contribution is 2.14. The molecule has 0 amide bonds. The molecule has 0 aliphatic carbocycles. The first-order valence-corrected chi connectivity index (χ1v) is 4.22. The zero-order chi connectivity index (χ0) is 9.84. The zero-order valence-corrected chi connectivity index (χ0v) is 7.58. The Kier molecular flexibility index (Phi) is 2.90. The Morgan fingerprint density at radius 2 is 2.23 bits per heavy atom. The van der Waals surface area contributed by atoms with Gasteiger partial charge in [0.05, 0.1) is 6.42 Å². The third-order valence-electron chi connectivity index (χ3n) is 1.94. The van der Waals surface area contributed by atoms with E-state index in [2.05, 4.69) is 0 Å². The molecule has 0 fully saturated rings. The van der Waals surface area contributed by atoms with E-state index in [1.807, 2.05) is 13.0 Å². The van der Waals surface area contributed by atoms with Crippen molar-refractivity contribution in [1.82, 2.24) is 0 Å². The van der Waals surface area contributed by atoms with Gasteiger partial charge in [0.25, 0.3) is 0 Å². The number of hydrogen-bond acceptors (Lipinski definition) is 2. The van der Waals surface area contributed by atoms with E-state index in [-0.39, 0.29) is 6.42 Å². The Labute approximate surface area is 77.2 Å². The zero-order valence-electron chi connectivity index (χ0n) is 7.58. The summed E-state index contributed by atoms with van der Waals surface area (Å²) < 4.78 is 0. The van der Waals surface area contributed by atoms with Gasteiger partial charge in [-0.2, -0.15) is 0 Å². The third-order valence-corrected chi connectivity index (χ3v) is 1.94. The molecule has 0 radical (unpaired) electrons. The Bertz CT molecular complexity index is 321. The van der Waals surface area contributed by atoms with Gasteiger partial charge in [-0.3, -0.25) is 4.79 Å². The highest BCUT2D eigenvalue weighted by Gasteiger charge is 2.02. The average Bonchev–Trinajstić information content (AvgIpc) is 2.07. The Hall–Kier alpha value is -1.51. The van der Waals surface area contributed by atoms with Crippen molar-refractivity contribution in [2.24, 2.45) is 0 Å². The van der Waals surface area contributed by atoms with Gasteiger partial charge in [-0.05, 0) is 23.6 Å². The summed E-state index contributed by atoms with van der Waals surface area (Å²) in [5, 5.41) is 8.57. The first-order valence-electron chi connectivity index (χ1n) is 4.22. The maximum atomic E-state index is 10.4. The maximum Gasteiger partial charge on any atom is 0.307 e. The van der Waals surface area contributed by atoms with E-state index in [4.69, 9.17) is 10.8 Å². The van der Waals surface area contributed by atoms with Gasteiger partial charge in [0, 0.05) is 5.69 Å². The van der Waals surface area contributed by atoms with Gasteiger partial charge in [0.1, 0.15) is 0 Å². The molecular formula is C10H13NO2. The van der Waals surface area contributed by atoms with Gasteiger partial charge < -0.3 is 10.8 Å². The predicted octanol–water partition coefficient (Wildman–Crippen LogP) is 1.46. The number of benzene rings is 1. The van der Waals surface area contributed by atoms with Crippen molar-refractivity contribution in [2.75, 3.05) is 5.73 Å². The fourth-order valence-electron chi connectivity index (χ4n) is 1.25. The summed E-state index contributed by atoms with van der Waals surface area (Å²) in [6, 6.07) is 5.36. The second-order valence-corrected chi connectivity index (χ2v) is 2.96. The third kappa shape index (κ3) is 2.47. The number of carboxylic acids is 1. The summed E-state index contributed by atoms with van der Waals surface area (Å²) in [5.41, 5.74) is 8.23. The molecule has 0 bridgehead atoms. The first-order chi connectivity index (χ1) is 6.13. The monoisotopic (exact) mass is 179 g/mol. The summed E-state index contributed by atoms with van der Waals surface area (Å²) >= 11 is 0. The largest absolute Gasteiger partial charge is 0.481 e. The van der Waals surface area contributed by atoms with Crippen LogP contribution in [-0.2, 0) is 17.6 Å². The highest BCUT2D eigenvalue weighted by atomic mass is 16.4. The number of nitrogens with two attached hydrogens (primary N) is 1. The molecule has 0 heterocycles. The molecule has 0 aliphatic rings. The second kappa shape index (κ2) is 3.94. The van der Waals surface area contributed by atoms with Crippen molar-refractivity contribution in [3.63, 3.8) is 0 Å². The number of aliphatic carboxylic acids is 1. The fraction of sp³-hybridized carbons (Fsp3) is 0.300. The van der Waals surface area contributed by atoms with Crippen molar-refractivity contribution in [1.29, 1.82) is 0 Å². The number of nitrogen functional groups attached to an aromatic ring is 1. The maximum absolute atomic E-state index is 10.4. The lowest BCUT2D eigenvalue weighted by molar-refractivity contribution is -0.136. The van der Waals surface area contributed by atoms with Crippen LogP contribution in [0.4, 0.5) is 5.69 Å². The molecule has 3 nitrogen and oxygen atoms in total. The molecule has 13 heavy (non-hydrogen) atoms. The molecule has 70 valence electrons. The van der Waals surface area contributed by atoms with Crippen LogP contribution in [-0.4, -0.2) is 11.1 Å². The Morgan fingerprint density at radius 3 is 2.77 bits per heavy atom. The van der Waals surface area contributed by atoms with Crippen LogP contribution in [0.25, 0.3) is 0 Å². The number of aryl methyl sites for hydroxylation is 1. The molecule has 1 rings (SSSR count). The van der Waals surface area contributed by atoms with Crippen LogP contribution in [0.5, 0.6) is 0 Å². The molecule has 0 aliphatic heterocycles. The van der Waals surface area contributed by atoms with E-state index in [0.717, 1.165) is 23.2 Å². The minimum atomic E-state index is -0.813. The molecule has 0 unspecified atom stereocenters. The first kappa shape index (κ1) is 9.58. The predicted molar refractivity (Wildman–Crippen MR) is 51.6 cm³/mol. The van der Waals surface area contributed by atoms with Crippen molar-refractivity contribution < 1.29 is 9.90 Å². The minimum absolute atomic E-state index is 0.0628. The lowest BCUT2D eigenvalue weighted by atomic mass is 10.0. The molecule has 0 atom stereocenters. The van der Waals surface area contributed by atoms with Crippen molar-refractivity contribution in [3.05, 3.63) is 29.3 Å². The molecule has 1 aromatic carbocycles. The highest BCUT2D eigenvalue weighted by molar-refractivity contribution is 5.70. The molecule has 0 aromatic heterocycles. The van der Waals surface area contributed by atoms with Crippen molar-refractivity contribution >= 4 is 11.7 Å². The summed E-state index contributed by atoms with van der Waals surface area (Å²) in [4.78, 5) is 10.4. The van der Waals surface area contributed by atoms with Crippen LogP contribution in [0, 0.1) is 0 Å². The standard InChI is InChI=1S/C10H13NO2/c1-2-8-5-7(6-10(12)13)3-4-9(8)11/h3-5H,2,6,11H2,1H3,(H,12,13). The average molecular weight is 179 g/mol. The SMILES string of the molecule is CCc1cc(CC(=O)O)ccc1N. The molecule has 3 heteroatoms. The van der Waals surface area contributed by atoms with Crippen LogP contribution < -0.4 is 5.73 Å². The van der Waals surface area contributed by atoms with Crippen LogP contribution >= 0.6 is 0 Å². The van der Waals surface area contributed by atoms with Gasteiger partial charge >= 0.3 is 5.97 Å². The van der Waals surface area contributed by atoms with E-state index in [1.165, 1.54) is 0 Å². The summed E-state index contributed by atoms with van der Waals surface area (Å²) in [5.74, 6) is -0.813. The van der Waals surface area contributed by atoms with E-state index >= 15 is 0 Å². The molecule has 3 N–H and O–H groups in total. The normalized spacial score (nSPS) is 9.92. The van der Waals surface area contributed by atoms with Gasteiger partial charge in [-0.25, -0.2) is 0 Å². The smallest absolute Gasteiger partial charge is 0.307 e. The quantitative estimate of drug-likeness (QED) is 0.690. The van der Waals surface area contributed by atoms with Crippen LogP contribution in [0.15, 0.2) is 18.2 Å². The van der Waals surface area contributed by atoms with Gasteiger partial charge in [-0.1, -0.05) is 19.1 Å². The van der Waals surface area contributed by atoms with Gasteiger partial charge in [-0.15, -0.1) is 0 Å². The summed E-state index contributed by atoms with van der Waals surface area (Å²) in [7, 11) is 0. The van der Waals surface area contributed by atoms with Gasteiger partial charge in [0.15, 0.2) is 0 Å². The minimum Gasteiger partial charge on any atom is -0.481 e. The van der Waals surface area contributed by atoms with E-state index in [1.54, 1.807) is 12.1 Å². The number of anilines is 1. The van der Waals surface area contributed by atoms with E-state index in [0.29, 0.717) is 0 Å². The van der Waals surface area contributed by atoms with Gasteiger partial charge in [0.2, 0.25) is 0 Å². The van der Waals surface area contributed by atoms with Crippen molar-refractivity contribution in [3.8, 4) is 0 Å².